The Morgan fingerprint density at radius 2 is 2.10 bits per heavy atom. The van der Waals surface area contributed by atoms with Gasteiger partial charge in [-0.2, -0.15) is 5.10 Å². The van der Waals surface area contributed by atoms with Gasteiger partial charge in [0.15, 0.2) is 0 Å². The van der Waals surface area contributed by atoms with Gasteiger partial charge < -0.3 is 5.32 Å². The Morgan fingerprint density at radius 3 is 2.81 bits per heavy atom. The molecule has 0 amide bonds. The number of aromatic nitrogens is 3. The Hall–Kier alpha value is -0.900. The number of rotatable bonds is 6. The summed E-state index contributed by atoms with van der Waals surface area (Å²) in [6.45, 7) is 9.13. The van der Waals surface area contributed by atoms with Crippen LogP contribution < -0.4 is 5.32 Å². The van der Waals surface area contributed by atoms with E-state index in [-0.39, 0.29) is 0 Å². The summed E-state index contributed by atoms with van der Waals surface area (Å²) < 4.78 is 2.06. The highest BCUT2D eigenvalue weighted by atomic mass is 15.3. The third kappa shape index (κ3) is 3.85. The third-order valence-electron chi connectivity index (χ3n) is 5.36. The van der Waals surface area contributed by atoms with Crippen LogP contribution >= 0.6 is 0 Å². The summed E-state index contributed by atoms with van der Waals surface area (Å²) in [6.07, 6.45) is 9.61. The van der Waals surface area contributed by atoms with Crippen LogP contribution in [0.25, 0.3) is 0 Å². The Morgan fingerprint density at radius 1 is 1.29 bits per heavy atom. The molecule has 1 N–H and O–H groups in total. The average Bonchev–Trinajstić information content (AvgIpc) is 3.16. The SMILES string of the molecule is CCn1ncnc1CC1CC(C)(C)CCC1CNC1CC1. The van der Waals surface area contributed by atoms with E-state index in [0.717, 1.165) is 30.8 Å². The molecule has 2 unspecified atom stereocenters. The number of aryl methyl sites for hydroxylation is 1. The molecule has 1 aromatic rings. The van der Waals surface area contributed by atoms with E-state index in [0.29, 0.717) is 5.41 Å². The maximum Gasteiger partial charge on any atom is 0.138 e. The zero-order chi connectivity index (χ0) is 14.9. The summed E-state index contributed by atoms with van der Waals surface area (Å²) in [5, 5.41) is 8.08. The van der Waals surface area contributed by atoms with Crippen molar-refractivity contribution in [3.05, 3.63) is 12.2 Å². The summed E-state index contributed by atoms with van der Waals surface area (Å²) in [6, 6.07) is 0.819. The molecule has 2 aliphatic rings. The molecule has 3 rings (SSSR count). The van der Waals surface area contributed by atoms with E-state index in [1.807, 2.05) is 0 Å². The minimum Gasteiger partial charge on any atom is -0.314 e. The van der Waals surface area contributed by atoms with Crippen molar-refractivity contribution in [3.8, 4) is 0 Å². The Bertz CT molecular complexity index is 459. The molecule has 4 nitrogen and oxygen atoms in total. The zero-order valence-electron chi connectivity index (χ0n) is 13.8. The topological polar surface area (TPSA) is 42.7 Å². The van der Waals surface area contributed by atoms with Crippen LogP contribution in [0.15, 0.2) is 6.33 Å². The smallest absolute Gasteiger partial charge is 0.138 e. The Kier molecular flexibility index (Phi) is 4.34. The van der Waals surface area contributed by atoms with Crippen LogP contribution in [0, 0.1) is 17.3 Å². The van der Waals surface area contributed by atoms with Gasteiger partial charge in [0.05, 0.1) is 0 Å². The molecule has 0 aliphatic heterocycles. The maximum absolute atomic E-state index is 4.50. The lowest BCUT2D eigenvalue weighted by Crippen LogP contribution is -2.38. The van der Waals surface area contributed by atoms with Gasteiger partial charge >= 0.3 is 0 Å². The van der Waals surface area contributed by atoms with E-state index in [1.165, 1.54) is 44.5 Å². The predicted molar refractivity (Wildman–Crippen MR) is 85.0 cm³/mol. The molecule has 0 saturated heterocycles. The van der Waals surface area contributed by atoms with Crippen molar-refractivity contribution in [1.29, 1.82) is 0 Å². The molecule has 0 aromatic carbocycles. The molecule has 2 fully saturated rings. The molecule has 1 heterocycles. The molecule has 2 atom stereocenters. The quantitative estimate of drug-likeness (QED) is 0.875. The van der Waals surface area contributed by atoms with E-state index < -0.39 is 0 Å². The normalized spacial score (nSPS) is 28.7. The Balaban J connectivity index is 1.66. The van der Waals surface area contributed by atoms with Crippen LogP contribution in [-0.4, -0.2) is 27.4 Å². The van der Waals surface area contributed by atoms with Crippen molar-refractivity contribution in [1.82, 2.24) is 20.1 Å². The minimum absolute atomic E-state index is 0.484. The summed E-state index contributed by atoms with van der Waals surface area (Å²) in [5.41, 5.74) is 0.484. The van der Waals surface area contributed by atoms with Gasteiger partial charge in [-0.05, 0) is 62.8 Å². The molecule has 0 radical (unpaired) electrons. The maximum atomic E-state index is 4.50. The molecular weight excluding hydrogens is 260 g/mol. The van der Waals surface area contributed by atoms with E-state index in [2.05, 4.69) is 40.9 Å². The second-order valence-corrected chi connectivity index (χ2v) is 7.81. The van der Waals surface area contributed by atoms with Gasteiger partial charge in [-0.25, -0.2) is 4.98 Å². The van der Waals surface area contributed by atoms with Crippen LogP contribution in [-0.2, 0) is 13.0 Å². The van der Waals surface area contributed by atoms with Crippen LogP contribution in [0.1, 0.15) is 58.7 Å². The van der Waals surface area contributed by atoms with Crippen LogP contribution in [0.5, 0.6) is 0 Å². The van der Waals surface area contributed by atoms with Crippen LogP contribution in [0.3, 0.4) is 0 Å². The first-order valence-corrected chi connectivity index (χ1v) is 8.67. The number of nitrogens with one attached hydrogen (secondary N) is 1. The second-order valence-electron chi connectivity index (χ2n) is 7.81. The number of hydrogen-bond acceptors (Lipinski definition) is 3. The van der Waals surface area contributed by atoms with Gasteiger partial charge in [-0.3, -0.25) is 4.68 Å². The monoisotopic (exact) mass is 290 g/mol. The first-order valence-electron chi connectivity index (χ1n) is 8.67. The van der Waals surface area contributed by atoms with Crippen LogP contribution in [0.4, 0.5) is 0 Å². The molecule has 21 heavy (non-hydrogen) atoms. The largest absolute Gasteiger partial charge is 0.314 e. The summed E-state index contributed by atoms with van der Waals surface area (Å²) in [5.74, 6) is 2.73. The lowest BCUT2D eigenvalue weighted by atomic mass is 9.66. The molecule has 0 bridgehead atoms. The van der Waals surface area contributed by atoms with Gasteiger partial charge in [0, 0.05) is 19.0 Å². The van der Waals surface area contributed by atoms with Crippen molar-refractivity contribution in [3.63, 3.8) is 0 Å². The van der Waals surface area contributed by atoms with E-state index in [4.69, 9.17) is 0 Å². The highest BCUT2D eigenvalue weighted by Gasteiger charge is 2.36. The van der Waals surface area contributed by atoms with Gasteiger partial charge in [-0.1, -0.05) is 13.8 Å². The molecule has 2 saturated carbocycles. The fourth-order valence-corrected chi connectivity index (χ4v) is 3.85. The average molecular weight is 290 g/mol. The van der Waals surface area contributed by atoms with Gasteiger partial charge in [0.25, 0.3) is 0 Å². The molecule has 2 aliphatic carbocycles. The second kappa shape index (κ2) is 6.07. The highest BCUT2D eigenvalue weighted by Crippen LogP contribution is 2.43. The lowest BCUT2D eigenvalue weighted by molar-refractivity contribution is 0.113. The summed E-state index contributed by atoms with van der Waals surface area (Å²) in [7, 11) is 0. The standard InChI is InChI=1S/C17H30N4/c1-4-21-16(19-12-20-21)9-14-10-17(2,3)8-7-13(14)11-18-15-5-6-15/h12-15,18H,4-11H2,1-3H3. The molecular formula is C17H30N4. The lowest BCUT2D eigenvalue weighted by Gasteiger charge is -2.41. The van der Waals surface area contributed by atoms with Crippen molar-refractivity contribution in [2.45, 2.75) is 71.9 Å². The first kappa shape index (κ1) is 15.0. The summed E-state index contributed by atoms with van der Waals surface area (Å²) in [4.78, 5) is 4.50. The molecule has 1 aromatic heterocycles. The summed E-state index contributed by atoms with van der Waals surface area (Å²) >= 11 is 0. The number of hydrogen-bond donors (Lipinski definition) is 1. The van der Waals surface area contributed by atoms with E-state index in [1.54, 1.807) is 6.33 Å². The fourth-order valence-electron chi connectivity index (χ4n) is 3.85. The third-order valence-corrected chi connectivity index (χ3v) is 5.36. The van der Waals surface area contributed by atoms with Crippen LogP contribution in [0.2, 0.25) is 0 Å². The highest BCUT2D eigenvalue weighted by molar-refractivity contribution is 4.95. The molecule has 0 spiro atoms. The van der Waals surface area contributed by atoms with E-state index in [9.17, 15) is 0 Å². The minimum atomic E-state index is 0.484. The van der Waals surface area contributed by atoms with Crippen molar-refractivity contribution in [2.75, 3.05) is 6.54 Å². The Labute approximate surface area is 128 Å². The predicted octanol–water partition coefficient (Wildman–Crippen LogP) is 3.04. The van der Waals surface area contributed by atoms with Crippen molar-refractivity contribution in [2.24, 2.45) is 17.3 Å². The zero-order valence-corrected chi connectivity index (χ0v) is 13.8. The van der Waals surface area contributed by atoms with Gasteiger partial charge in [-0.15, -0.1) is 0 Å². The molecule has 118 valence electrons. The first-order chi connectivity index (χ1) is 10.1. The van der Waals surface area contributed by atoms with Crippen molar-refractivity contribution >= 4 is 0 Å². The van der Waals surface area contributed by atoms with E-state index >= 15 is 0 Å². The molecule has 4 heteroatoms. The van der Waals surface area contributed by atoms with Gasteiger partial charge in [0.2, 0.25) is 0 Å². The number of nitrogens with zero attached hydrogens (tertiary/aromatic N) is 3. The van der Waals surface area contributed by atoms with Gasteiger partial charge in [0.1, 0.15) is 12.2 Å². The fraction of sp³-hybridized carbons (Fsp3) is 0.882. The van der Waals surface area contributed by atoms with Crippen molar-refractivity contribution < 1.29 is 0 Å².